The number of methoxy groups -OCH3 is 1. The Kier molecular flexibility index (Phi) is 6.79. The molecule has 2 aromatic carbocycles. The van der Waals surface area contributed by atoms with Gasteiger partial charge in [0.15, 0.2) is 11.5 Å². The van der Waals surface area contributed by atoms with E-state index in [0.29, 0.717) is 59.9 Å². The molecule has 6 nitrogen and oxygen atoms in total. The van der Waals surface area contributed by atoms with Crippen molar-refractivity contribution in [1.82, 2.24) is 9.80 Å². The first-order valence-electron chi connectivity index (χ1n) is 9.60. The second-order valence-corrected chi connectivity index (χ2v) is 7.73. The van der Waals surface area contributed by atoms with Crippen molar-refractivity contribution in [3.63, 3.8) is 0 Å². The molecular formula is C22H25BrN2O4. The largest absolute Gasteiger partial charge is 0.493 e. The van der Waals surface area contributed by atoms with Gasteiger partial charge in [0.05, 0.1) is 18.2 Å². The molecule has 7 heteroatoms. The van der Waals surface area contributed by atoms with Gasteiger partial charge in [-0.25, -0.2) is 0 Å². The number of aryl methyl sites for hydroxylation is 1. The predicted molar refractivity (Wildman–Crippen MR) is 115 cm³/mol. The lowest BCUT2D eigenvalue weighted by atomic mass is 10.1. The molecule has 0 N–H and O–H groups in total. The third-order valence-electron chi connectivity index (χ3n) is 4.92. The number of nitrogens with zero attached hydrogens (tertiary/aromatic N) is 2. The quantitative estimate of drug-likeness (QED) is 0.681. The minimum Gasteiger partial charge on any atom is -0.493 e. The number of halogens is 1. The van der Waals surface area contributed by atoms with Crippen LogP contribution in [0.25, 0.3) is 0 Å². The number of rotatable bonds is 5. The number of hydrogen-bond donors (Lipinski definition) is 0. The van der Waals surface area contributed by atoms with Crippen LogP contribution in [-0.4, -0.2) is 61.5 Å². The SMILES string of the molecule is CCOc1c(Br)cc(C(=O)N2CCN(C(=O)c3ccc(C)cc3)CC2)cc1OC. The first kappa shape index (κ1) is 21.2. The Morgan fingerprint density at radius 1 is 0.966 bits per heavy atom. The van der Waals surface area contributed by atoms with Gasteiger partial charge in [-0.15, -0.1) is 0 Å². The summed E-state index contributed by atoms with van der Waals surface area (Å²) in [5.74, 6) is 1.01. The van der Waals surface area contributed by atoms with Crippen molar-refractivity contribution in [2.75, 3.05) is 39.9 Å². The van der Waals surface area contributed by atoms with Crippen LogP contribution in [0.3, 0.4) is 0 Å². The standard InChI is InChI=1S/C22H25BrN2O4/c1-4-29-20-18(23)13-17(14-19(20)28-3)22(27)25-11-9-24(10-12-25)21(26)16-7-5-15(2)6-8-16/h5-8,13-14H,4,9-12H2,1-3H3. The van der Waals surface area contributed by atoms with Gasteiger partial charge in [-0.1, -0.05) is 17.7 Å². The van der Waals surface area contributed by atoms with E-state index in [9.17, 15) is 9.59 Å². The molecule has 1 aliphatic rings. The maximum atomic E-state index is 13.0. The van der Waals surface area contributed by atoms with Gasteiger partial charge < -0.3 is 19.3 Å². The van der Waals surface area contributed by atoms with Crippen molar-refractivity contribution < 1.29 is 19.1 Å². The number of benzene rings is 2. The Bertz CT molecular complexity index is 890. The minimum absolute atomic E-state index is 0.00239. The highest BCUT2D eigenvalue weighted by Gasteiger charge is 2.26. The fourth-order valence-electron chi connectivity index (χ4n) is 3.30. The zero-order valence-corrected chi connectivity index (χ0v) is 18.5. The molecule has 3 rings (SSSR count). The van der Waals surface area contributed by atoms with E-state index >= 15 is 0 Å². The van der Waals surface area contributed by atoms with Crippen LogP contribution in [-0.2, 0) is 0 Å². The molecule has 2 amide bonds. The van der Waals surface area contributed by atoms with Crippen molar-refractivity contribution in [3.05, 3.63) is 57.6 Å². The van der Waals surface area contributed by atoms with Gasteiger partial charge in [-0.3, -0.25) is 9.59 Å². The molecule has 29 heavy (non-hydrogen) atoms. The zero-order chi connectivity index (χ0) is 21.0. The molecule has 2 aromatic rings. The third-order valence-corrected chi connectivity index (χ3v) is 5.51. The Balaban J connectivity index is 1.68. The van der Waals surface area contributed by atoms with E-state index in [4.69, 9.17) is 9.47 Å². The topological polar surface area (TPSA) is 59.1 Å². The van der Waals surface area contributed by atoms with E-state index in [2.05, 4.69) is 15.9 Å². The van der Waals surface area contributed by atoms with Crippen LogP contribution in [0.2, 0.25) is 0 Å². The summed E-state index contributed by atoms with van der Waals surface area (Å²) >= 11 is 3.46. The van der Waals surface area contributed by atoms with Crippen molar-refractivity contribution >= 4 is 27.7 Å². The van der Waals surface area contributed by atoms with Gasteiger partial charge in [0, 0.05) is 37.3 Å². The Morgan fingerprint density at radius 2 is 1.52 bits per heavy atom. The van der Waals surface area contributed by atoms with Crippen LogP contribution in [0.1, 0.15) is 33.2 Å². The van der Waals surface area contributed by atoms with Gasteiger partial charge in [0.1, 0.15) is 0 Å². The van der Waals surface area contributed by atoms with Crippen LogP contribution in [0.15, 0.2) is 40.9 Å². The molecule has 0 radical (unpaired) electrons. The summed E-state index contributed by atoms with van der Waals surface area (Å²) in [6, 6.07) is 11.0. The molecule has 1 heterocycles. The lowest BCUT2D eigenvalue weighted by Gasteiger charge is -2.35. The molecule has 0 spiro atoms. The lowest BCUT2D eigenvalue weighted by molar-refractivity contribution is 0.0535. The number of carbonyl (C=O) groups is 2. The van der Waals surface area contributed by atoms with E-state index in [-0.39, 0.29) is 11.8 Å². The summed E-state index contributed by atoms with van der Waals surface area (Å²) in [6.07, 6.45) is 0. The monoisotopic (exact) mass is 460 g/mol. The summed E-state index contributed by atoms with van der Waals surface area (Å²) < 4.78 is 11.6. The maximum Gasteiger partial charge on any atom is 0.254 e. The number of piperazine rings is 1. The summed E-state index contributed by atoms with van der Waals surface area (Å²) in [4.78, 5) is 29.2. The molecule has 1 aliphatic heterocycles. The van der Waals surface area contributed by atoms with Gasteiger partial charge >= 0.3 is 0 Å². The molecule has 0 atom stereocenters. The molecule has 0 unspecified atom stereocenters. The second-order valence-electron chi connectivity index (χ2n) is 6.87. The van der Waals surface area contributed by atoms with E-state index in [0.717, 1.165) is 5.56 Å². The normalized spacial score (nSPS) is 13.9. The fourth-order valence-corrected chi connectivity index (χ4v) is 3.86. The molecular weight excluding hydrogens is 436 g/mol. The van der Waals surface area contributed by atoms with Gasteiger partial charge in [0.25, 0.3) is 11.8 Å². The molecule has 0 saturated carbocycles. The van der Waals surface area contributed by atoms with Gasteiger partial charge in [-0.05, 0) is 54.0 Å². The fraction of sp³-hybridized carbons (Fsp3) is 0.364. The van der Waals surface area contributed by atoms with Crippen LogP contribution in [0.4, 0.5) is 0 Å². The van der Waals surface area contributed by atoms with Gasteiger partial charge in [0.2, 0.25) is 0 Å². The molecule has 1 fully saturated rings. The predicted octanol–water partition coefficient (Wildman–Crippen LogP) is 3.76. The van der Waals surface area contributed by atoms with Crippen molar-refractivity contribution in [1.29, 1.82) is 0 Å². The van der Waals surface area contributed by atoms with Crippen molar-refractivity contribution in [2.45, 2.75) is 13.8 Å². The minimum atomic E-state index is -0.0884. The lowest BCUT2D eigenvalue weighted by Crippen LogP contribution is -2.50. The summed E-state index contributed by atoms with van der Waals surface area (Å²) in [5.41, 5.74) is 2.32. The van der Waals surface area contributed by atoms with Crippen LogP contribution >= 0.6 is 15.9 Å². The van der Waals surface area contributed by atoms with Crippen LogP contribution in [0.5, 0.6) is 11.5 Å². The highest BCUT2D eigenvalue weighted by molar-refractivity contribution is 9.10. The average Bonchev–Trinajstić information content (AvgIpc) is 2.74. The molecule has 0 aliphatic carbocycles. The van der Waals surface area contributed by atoms with Crippen molar-refractivity contribution in [3.8, 4) is 11.5 Å². The first-order valence-corrected chi connectivity index (χ1v) is 10.4. The van der Waals surface area contributed by atoms with Crippen LogP contribution in [0, 0.1) is 6.92 Å². The molecule has 1 saturated heterocycles. The maximum absolute atomic E-state index is 13.0. The molecule has 0 aromatic heterocycles. The van der Waals surface area contributed by atoms with E-state index in [1.165, 1.54) is 0 Å². The van der Waals surface area contributed by atoms with E-state index in [1.54, 1.807) is 29.0 Å². The van der Waals surface area contributed by atoms with E-state index in [1.807, 2.05) is 38.1 Å². The number of carbonyl (C=O) groups excluding carboxylic acids is 2. The second kappa shape index (κ2) is 9.31. The first-order chi connectivity index (χ1) is 13.9. The number of ether oxygens (including phenoxy) is 2. The third kappa shape index (κ3) is 4.72. The smallest absolute Gasteiger partial charge is 0.254 e. The zero-order valence-electron chi connectivity index (χ0n) is 16.9. The number of amides is 2. The Morgan fingerprint density at radius 3 is 2.03 bits per heavy atom. The van der Waals surface area contributed by atoms with Crippen LogP contribution < -0.4 is 9.47 Å². The summed E-state index contributed by atoms with van der Waals surface area (Å²) in [7, 11) is 1.55. The van der Waals surface area contributed by atoms with Crippen molar-refractivity contribution in [2.24, 2.45) is 0 Å². The number of hydrogen-bond acceptors (Lipinski definition) is 4. The van der Waals surface area contributed by atoms with Gasteiger partial charge in [-0.2, -0.15) is 0 Å². The Hall–Kier alpha value is -2.54. The highest BCUT2D eigenvalue weighted by atomic mass is 79.9. The summed E-state index contributed by atoms with van der Waals surface area (Å²) in [6.45, 7) is 6.38. The van der Waals surface area contributed by atoms with E-state index < -0.39 is 0 Å². The summed E-state index contributed by atoms with van der Waals surface area (Å²) in [5, 5.41) is 0. The molecule has 154 valence electrons. The highest BCUT2D eigenvalue weighted by Crippen LogP contribution is 2.37. The average molecular weight is 461 g/mol. The molecule has 0 bridgehead atoms. The Labute approximate surface area is 179 Å².